The van der Waals surface area contributed by atoms with E-state index >= 15 is 0 Å². The van der Waals surface area contributed by atoms with E-state index in [1.807, 2.05) is 6.92 Å². The lowest BCUT2D eigenvalue weighted by Gasteiger charge is -2.29. The van der Waals surface area contributed by atoms with Crippen LogP contribution in [0.25, 0.3) is 0 Å². The summed E-state index contributed by atoms with van der Waals surface area (Å²) in [4.78, 5) is 22.4. The average molecular weight is 269 g/mol. The summed E-state index contributed by atoms with van der Waals surface area (Å²) in [5, 5.41) is 11.5. The standard InChI is InChI=1S/C14H23NO4/c1-9-7-12(19-13(9)16)11(15-14(17)18)8-10-5-3-2-4-6-10/h9-12,15H,2-8H2,1H3,(H,17,18). The van der Waals surface area contributed by atoms with Gasteiger partial charge in [0.1, 0.15) is 6.10 Å². The number of nitrogens with one attached hydrogen (secondary N) is 1. The number of carbonyl (C=O) groups excluding carboxylic acids is 1. The first-order valence-electron chi connectivity index (χ1n) is 7.26. The Hall–Kier alpha value is -1.26. The van der Waals surface area contributed by atoms with Crippen LogP contribution in [-0.4, -0.2) is 29.3 Å². The molecule has 0 spiro atoms. The zero-order valence-corrected chi connectivity index (χ0v) is 11.4. The first-order valence-corrected chi connectivity index (χ1v) is 7.26. The molecule has 5 nitrogen and oxygen atoms in total. The van der Waals surface area contributed by atoms with E-state index in [9.17, 15) is 9.59 Å². The van der Waals surface area contributed by atoms with Gasteiger partial charge in [0.2, 0.25) is 0 Å². The summed E-state index contributed by atoms with van der Waals surface area (Å²) >= 11 is 0. The number of hydrogen-bond donors (Lipinski definition) is 2. The largest absolute Gasteiger partial charge is 0.465 e. The van der Waals surface area contributed by atoms with E-state index in [4.69, 9.17) is 9.84 Å². The summed E-state index contributed by atoms with van der Waals surface area (Å²) in [6, 6.07) is -0.255. The highest BCUT2D eigenvalue weighted by molar-refractivity contribution is 5.74. The molecule has 2 rings (SSSR count). The zero-order valence-electron chi connectivity index (χ0n) is 11.4. The quantitative estimate of drug-likeness (QED) is 0.769. The second-order valence-corrected chi connectivity index (χ2v) is 5.91. The molecule has 0 aromatic heterocycles. The Morgan fingerprint density at radius 2 is 2.11 bits per heavy atom. The molecular weight excluding hydrogens is 246 g/mol. The van der Waals surface area contributed by atoms with Crippen LogP contribution < -0.4 is 5.32 Å². The highest BCUT2D eigenvalue weighted by Gasteiger charge is 2.38. The predicted octanol–water partition coefficient (Wildman–Crippen LogP) is 2.54. The van der Waals surface area contributed by atoms with Crippen LogP contribution in [0.2, 0.25) is 0 Å². The van der Waals surface area contributed by atoms with Gasteiger partial charge in [-0.2, -0.15) is 0 Å². The molecule has 1 saturated carbocycles. The Bertz CT molecular complexity index is 338. The number of carbonyl (C=O) groups is 2. The van der Waals surface area contributed by atoms with Crippen LogP contribution in [0, 0.1) is 11.8 Å². The smallest absolute Gasteiger partial charge is 0.405 e. The molecule has 0 radical (unpaired) electrons. The summed E-state index contributed by atoms with van der Waals surface area (Å²) < 4.78 is 5.31. The molecule has 2 aliphatic rings. The summed E-state index contributed by atoms with van der Waals surface area (Å²) in [6.07, 6.45) is 6.15. The first-order chi connectivity index (χ1) is 9.06. The Kier molecular flexibility index (Phi) is 4.66. The van der Waals surface area contributed by atoms with Crippen molar-refractivity contribution in [1.82, 2.24) is 5.32 Å². The zero-order chi connectivity index (χ0) is 13.8. The van der Waals surface area contributed by atoms with Crippen molar-refractivity contribution in [2.24, 2.45) is 11.8 Å². The number of esters is 1. The van der Waals surface area contributed by atoms with Gasteiger partial charge in [-0.15, -0.1) is 0 Å². The van der Waals surface area contributed by atoms with Crippen molar-refractivity contribution < 1.29 is 19.4 Å². The maximum Gasteiger partial charge on any atom is 0.405 e. The lowest BCUT2D eigenvalue weighted by molar-refractivity contribution is -0.145. The van der Waals surface area contributed by atoms with Crippen LogP contribution in [-0.2, 0) is 9.53 Å². The van der Waals surface area contributed by atoms with E-state index in [0.717, 1.165) is 19.3 Å². The van der Waals surface area contributed by atoms with Gasteiger partial charge in [0.15, 0.2) is 0 Å². The number of rotatable bonds is 4. The maximum atomic E-state index is 11.5. The summed E-state index contributed by atoms with van der Waals surface area (Å²) in [7, 11) is 0. The minimum Gasteiger partial charge on any atom is -0.465 e. The second kappa shape index (κ2) is 6.26. The van der Waals surface area contributed by atoms with Gasteiger partial charge in [-0.1, -0.05) is 39.0 Å². The van der Waals surface area contributed by atoms with E-state index < -0.39 is 6.09 Å². The number of hydrogen-bond acceptors (Lipinski definition) is 3. The van der Waals surface area contributed by atoms with E-state index in [-0.39, 0.29) is 24.0 Å². The van der Waals surface area contributed by atoms with E-state index in [2.05, 4.69) is 5.32 Å². The number of carboxylic acid groups (broad SMARTS) is 1. The average Bonchev–Trinajstić information content (AvgIpc) is 2.70. The Morgan fingerprint density at radius 3 is 2.63 bits per heavy atom. The molecule has 108 valence electrons. The van der Waals surface area contributed by atoms with Gasteiger partial charge in [0, 0.05) is 0 Å². The second-order valence-electron chi connectivity index (χ2n) is 5.91. The summed E-state index contributed by atoms with van der Waals surface area (Å²) in [6.45, 7) is 1.83. The van der Waals surface area contributed by atoms with Gasteiger partial charge in [-0.05, 0) is 18.8 Å². The third kappa shape index (κ3) is 3.85. The molecule has 3 unspecified atom stereocenters. The highest BCUT2D eigenvalue weighted by Crippen LogP contribution is 2.31. The molecule has 2 N–H and O–H groups in total. The fourth-order valence-electron chi connectivity index (χ4n) is 3.25. The van der Waals surface area contributed by atoms with Crippen molar-refractivity contribution in [3.05, 3.63) is 0 Å². The highest BCUT2D eigenvalue weighted by atomic mass is 16.6. The van der Waals surface area contributed by atoms with Gasteiger partial charge in [0.05, 0.1) is 12.0 Å². The normalized spacial score (nSPS) is 29.8. The molecule has 1 amide bonds. The molecular formula is C14H23NO4. The lowest BCUT2D eigenvalue weighted by atomic mass is 9.83. The van der Waals surface area contributed by atoms with Crippen LogP contribution in [0.15, 0.2) is 0 Å². The van der Waals surface area contributed by atoms with Gasteiger partial charge < -0.3 is 15.2 Å². The molecule has 1 aliphatic carbocycles. The molecule has 0 aromatic carbocycles. The molecule has 0 aromatic rings. The molecule has 19 heavy (non-hydrogen) atoms. The van der Waals surface area contributed by atoms with Crippen molar-refractivity contribution in [3.8, 4) is 0 Å². The van der Waals surface area contributed by atoms with Crippen LogP contribution in [0.3, 0.4) is 0 Å². The van der Waals surface area contributed by atoms with Gasteiger partial charge >= 0.3 is 12.1 Å². The third-order valence-electron chi connectivity index (χ3n) is 4.33. The van der Waals surface area contributed by atoms with Crippen molar-refractivity contribution in [3.63, 3.8) is 0 Å². The minimum absolute atomic E-state index is 0.116. The predicted molar refractivity (Wildman–Crippen MR) is 69.8 cm³/mol. The SMILES string of the molecule is CC1CC(C(CC2CCCCC2)NC(=O)O)OC1=O. The van der Waals surface area contributed by atoms with Crippen LogP contribution in [0.1, 0.15) is 51.9 Å². The van der Waals surface area contributed by atoms with E-state index in [1.54, 1.807) is 0 Å². The topological polar surface area (TPSA) is 75.6 Å². The Labute approximate surface area is 113 Å². The number of cyclic esters (lactones) is 1. The molecule has 1 aliphatic heterocycles. The number of amides is 1. The van der Waals surface area contributed by atoms with E-state index in [1.165, 1.54) is 19.3 Å². The monoisotopic (exact) mass is 269 g/mol. The van der Waals surface area contributed by atoms with Gasteiger partial charge in [0.25, 0.3) is 0 Å². The van der Waals surface area contributed by atoms with Crippen molar-refractivity contribution >= 4 is 12.1 Å². The van der Waals surface area contributed by atoms with Crippen LogP contribution in [0.4, 0.5) is 4.79 Å². The Morgan fingerprint density at radius 1 is 1.42 bits per heavy atom. The van der Waals surface area contributed by atoms with Gasteiger partial charge in [-0.25, -0.2) is 4.79 Å². The molecule has 3 atom stereocenters. The van der Waals surface area contributed by atoms with Crippen LogP contribution in [0.5, 0.6) is 0 Å². The fraction of sp³-hybridized carbons (Fsp3) is 0.857. The van der Waals surface area contributed by atoms with E-state index in [0.29, 0.717) is 12.3 Å². The fourth-order valence-corrected chi connectivity index (χ4v) is 3.25. The minimum atomic E-state index is -1.03. The summed E-state index contributed by atoms with van der Waals surface area (Å²) in [5.41, 5.74) is 0. The molecule has 0 bridgehead atoms. The van der Waals surface area contributed by atoms with Gasteiger partial charge in [-0.3, -0.25) is 4.79 Å². The maximum absolute atomic E-state index is 11.5. The van der Waals surface area contributed by atoms with Crippen molar-refractivity contribution in [2.75, 3.05) is 0 Å². The molecule has 5 heteroatoms. The summed E-state index contributed by atoms with van der Waals surface area (Å²) in [5.74, 6) is 0.237. The van der Waals surface area contributed by atoms with Crippen LogP contribution >= 0.6 is 0 Å². The Balaban J connectivity index is 1.94. The van der Waals surface area contributed by atoms with Crippen molar-refractivity contribution in [1.29, 1.82) is 0 Å². The number of ether oxygens (including phenoxy) is 1. The molecule has 2 fully saturated rings. The lowest BCUT2D eigenvalue weighted by Crippen LogP contribution is -2.44. The molecule has 1 heterocycles. The molecule has 1 saturated heterocycles. The third-order valence-corrected chi connectivity index (χ3v) is 4.33. The van der Waals surface area contributed by atoms with Crippen molar-refractivity contribution in [2.45, 2.75) is 64.0 Å². The first kappa shape index (κ1) is 14.2.